The van der Waals surface area contributed by atoms with Crippen LogP contribution in [0.5, 0.6) is 0 Å². The average Bonchev–Trinajstić information content (AvgIpc) is 3.00. The first kappa shape index (κ1) is 19.9. The Kier molecular flexibility index (Phi) is 6.36. The van der Waals surface area contributed by atoms with Crippen molar-refractivity contribution in [2.45, 2.75) is 31.5 Å². The van der Waals surface area contributed by atoms with E-state index in [0.29, 0.717) is 5.56 Å². The Balaban J connectivity index is 1.85. The highest BCUT2D eigenvalue weighted by atomic mass is 32.2. The van der Waals surface area contributed by atoms with E-state index in [4.69, 9.17) is 4.42 Å². The van der Waals surface area contributed by atoms with E-state index in [1.54, 1.807) is 7.05 Å². The molecule has 0 fully saturated rings. The Bertz CT molecular complexity index is 771. The molecule has 140 valence electrons. The molecule has 0 aliphatic rings. The lowest BCUT2D eigenvalue weighted by atomic mass is 10.1. The molecule has 26 heavy (non-hydrogen) atoms. The lowest BCUT2D eigenvalue weighted by Gasteiger charge is -2.23. The number of carbonyl (C=O) groups excluding carboxylic acids is 2. The van der Waals surface area contributed by atoms with Crippen molar-refractivity contribution in [3.8, 4) is 11.5 Å². The third-order valence-corrected chi connectivity index (χ3v) is 3.94. The van der Waals surface area contributed by atoms with Crippen LogP contribution in [-0.2, 0) is 9.59 Å². The van der Waals surface area contributed by atoms with Crippen LogP contribution in [0.4, 0.5) is 4.39 Å². The number of carbonyl (C=O) groups is 2. The number of aromatic nitrogens is 2. The summed E-state index contributed by atoms with van der Waals surface area (Å²) in [6.07, 6.45) is 0. The van der Waals surface area contributed by atoms with E-state index in [1.165, 1.54) is 29.2 Å². The number of nitrogens with one attached hydrogen (secondary N) is 1. The molecule has 1 aromatic heterocycles. The maximum Gasteiger partial charge on any atom is 0.277 e. The summed E-state index contributed by atoms with van der Waals surface area (Å²) in [7, 11) is 1.56. The van der Waals surface area contributed by atoms with Crippen LogP contribution in [0, 0.1) is 5.82 Å². The highest BCUT2D eigenvalue weighted by Gasteiger charge is 2.19. The molecule has 0 aliphatic heterocycles. The van der Waals surface area contributed by atoms with Gasteiger partial charge in [-0.3, -0.25) is 9.59 Å². The Morgan fingerprint density at radius 1 is 1.23 bits per heavy atom. The van der Waals surface area contributed by atoms with Gasteiger partial charge in [0.1, 0.15) is 5.82 Å². The number of thioether (sulfide) groups is 1. The van der Waals surface area contributed by atoms with Crippen molar-refractivity contribution in [1.82, 2.24) is 20.4 Å². The first-order valence-corrected chi connectivity index (χ1v) is 8.90. The van der Waals surface area contributed by atoms with Crippen molar-refractivity contribution in [2.75, 3.05) is 19.3 Å². The zero-order valence-corrected chi connectivity index (χ0v) is 15.9. The Morgan fingerprint density at radius 2 is 1.88 bits per heavy atom. The molecule has 2 amide bonds. The fraction of sp³-hybridized carbons (Fsp3) is 0.412. The minimum atomic E-state index is -0.355. The van der Waals surface area contributed by atoms with Gasteiger partial charge in [0.2, 0.25) is 17.7 Å². The summed E-state index contributed by atoms with van der Waals surface area (Å²) in [6.45, 7) is 5.59. The second-order valence-corrected chi connectivity index (χ2v) is 7.64. The predicted molar refractivity (Wildman–Crippen MR) is 95.9 cm³/mol. The van der Waals surface area contributed by atoms with Crippen LogP contribution in [0.2, 0.25) is 0 Å². The van der Waals surface area contributed by atoms with Crippen LogP contribution in [0.15, 0.2) is 33.9 Å². The normalized spacial score (nSPS) is 11.3. The summed E-state index contributed by atoms with van der Waals surface area (Å²) in [6, 6.07) is 5.66. The van der Waals surface area contributed by atoms with Gasteiger partial charge in [-0.2, -0.15) is 0 Å². The van der Waals surface area contributed by atoms with Crippen molar-refractivity contribution >= 4 is 23.6 Å². The summed E-state index contributed by atoms with van der Waals surface area (Å²) in [5.41, 5.74) is 0.240. The van der Waals surface area contributed by atoms with E-state index in [2.05, 4.69) is 15.5 Å². The van der Waals surface area contributed by atoms with Crippen LogP contribution in [-0.4, -0.2) is 51.8 Å². The number of rotatable bonds is 6. The number of halogens is 1. The number of benzene rings is 1. The number of likely N-dealkylation sites (N-methyl/N-ethyl adjacent to an activating group) is 1. The quantitative estimate of drug-likeness (QED) is 0.774. The van der Waals surface area contributed by atoms with E-state index < -0.39 is 0 Å². The Morgan fingerprint density at radius 3 is 2.50 bits per heavy atom. The highest BCUT2D eigenvalue weighted by Crippen LogP contribution is 2.23. The van der Waals surface area contributed by atoms with Gasteiger partial charge in [0.05, 0.1) is 12.3 Å². The molecule has 0 aliphatic carbocycles. The molecule has 1 N–H and O–H groups in total. The lowest BCUT2D eigenvalue weighted by molar-refractivity contribution is -0.133. The lowest BCUT2D eigenvalue weighted by Crippen LogP contribution is -2.46. The molecule has 0 bridgehead atoms. The van der Waals surface area contributed by atoms with Crippen molar-refractivity contribution < 1.29 is 18.4 Å². The molecule has 0 unspecified atom stereocenters. The number of amides is 2. The molecule has 0 spiro atoms. The Labute approximate surface area is 155 Å². The van der Waals surface area contributed by atoms with E-state index in [0.717, 1.165) is 11.8 Å². The maximum absolute atomic E-state index is 12.9. The predicted octanol–water partition coefficient (Wildman–Crippen LogP) is 2.34. The first-order valence-electron chi connectivity index (χ1n) is 7.91. The first-order chi connectivity index (χ1) is 12.1. The van der Waals surface area contributed by atoms with E-state index >= 15 is 0 Å². The number of hydrogen-bond donors (Lipinski definition) is 1. The largest absolute Gasteiger partial charge is 0.411 e. The minimum Gasteiger partial charge on any atom is -0.411 e. The SMILES string of the molecule is CN(CC(=O)NC(C)(C)C)C(=O)CSc1nnc(-c2ccc(F)cc2)o1. The fourth-order valence-electron chi connectivity index (χ4n) is 1.97. The average molecular weight is 380 g/mol. The fourth-order valence-corrected chi connectivity index (χ4v) is 2.68. The van der Waals surface area contributed by atoms with Gasteiger partial charge in [0.15, 0.2) is 0 Å². The molecular formula is C17H21FN4O3S. The van der Waals surface area contributed by atoms with Crippen molar-refractivity contribution in [2.24, 2.45) is 0 Å². The topological polar surface area (TPSA) is 88.3 Å². The molecular weight excluding hydrogens is 359 g/mol. The smallest absolute Gasteiger partial charge is 0.277 e. The molecule has 2 aromatic rings. The zero-order chi connectivity index (χ0) is 19.3. The molecule has 0 atom stereocenters. The standard InChI is InChI=1S/C17H21FN4O3S/c1-17(2,3)19-13(23)9-22(4)14(24)10-26-16-21-20-15(25-16)11-5-7-12(18)8-6-11/h5-8H,9-10H2,1-4H3,(H,19,23). The summed E-state index contributed by atoms with van der Waals surface area (Å²) in [5.74, 6) is -0.509. The maximum atomic E-state index is 12.9. The second-order valence-electron chi connectivity index (χ2n) is 6.72. The minimum absolute atomic E-state index is 0.0265. The van der Waals surface area contributed by atoms with Gasteiger partial charge < -0.3 is 14.6 Å². The van der Waals surface area contributed by atoms with Crippen LogP contribution >= 0.6 is 11.8 Å². The molecule has 2 rings (SSSR count). The van der Waals surface area contributed by atoms with Gasteiger partial charge in [-0.05, 0) is 45.0 Å². The van der Waals surface area contributed by atoms with Crippen LogP contribution in [0.1, 0.15) is 20.8 Å². The van der Waals surface area contributed by atoms with Crippen molar-refractivity contribution in [3.05, 3.63) is 30.1 Å². The highest BCUT2D eigenvalue weighted by molar-refractivity contribution is 7.99. The van der Waals surface area contributed by atoms with Gasteiger partial charge in [0.25, 0.3) is 5.22 Å². The second kappa shape index (κ2) is 8.31. The third kappa shape index (κ3) is 6.14. The summed E-state index contributed by atoms with van der Waals surface area (Å²) in [5, 5.41) is 10.8. The van der Waals surface area contributed by atoms with Gasteiger partial charge in [-0.1, -0.05) is 11.8 Å². The third-order valence-electron chi connectivity index (χ3n) is 3.14. The Hall–Kier alpha value is -2.42. The van der Waals surface area contributed by atoms with Gasteiger partial charge >= 0.3 is 0 Å². The molecule has 0 saturated heterocycles. The molecule has 1 heterocycles. The van der Waals surface area contributed by atoms with E-state index in [1.807, 2.05) is 20.8 Å². The van der Waals surface area contributed by atoms with E-state index in [9.17, 15) is 14.0 Å². The van der Waals surface area contributed by atoms with Crippen LogP contribution in [0.3, 0.4) is 0 Å². The molecule has 9 heteroatoms. The van der Waals surface area contributed by atoms with Crippen molar-refractivity contribution in [1.29, 1.82) is 0 Å². The van der Waals surface area contributed by atoms with E-state index in [-0.39, 0.29) is 46.6 Å². The van der Waals surface area contributed by atoms with Gasteiger partial charge in [-0.15, -0.1) is 10.2 Å². The summed E-state index contributed by atoms with van der Waals surface area (Å²) in [4.78, 5) is 25.3. The monoisotopic (exact) mass is 380 g/mol. The molecule has 0 radical (unpaired) electrons. The number of nitrogens with zero attached hydrogens (tertiary/aromatic N) is 3. The van der Waals surface area contributed by atoms with Gasteiger partial charge in [0, 0.05) is 18.2 Å². The summed E-state index contributed by atoms with van der Waals surface area (Å²) < 4.78 is 18.4. The molecule has 0 saturated carbocycles. The van der Waals surface area contributed by atoms with Crippen LogP contribution < -0.4 is 5.32 Å². The molecule has 7 nitrogen and oxygen atoms in total. The number of hydrogen-bond acceptors (Lipinski definition) is 6. The summed E-state index contributed by atoms with van der Waals surface area (Å²) >= 11 is 1.08. The zero-order valence-electron chi connectivity index (χ0n) is 15.1. The van der Waals surface area contributed by atoms with Crippen LogP contribution in [0.25, 0.3) is 11.5 Å². The van der Waals surface area contributed by atoms with Gasteiger partial charge in [-0.25, -0.2) is 4.39 Å². The molecule has 1 aromatic carbocycles. The van der Waals surface area contributed by atoms with Crippen molar-refractivity contribution in [3.63, 3.8) is 0 Å².